The highest BCUT2D eigenvalue weighted by atomic mass is 19.1. The lowest BCUT2D eigenvalue weighted by Gasteiger charge is -2.24. The first-order chi connectivity index (χ1) is 18.4. The SMILES string of the molecule is CC.CC.CCCC/C(C)=C/C=C(\C)CCc1ccc(CN(CC)C2=CC(C(=O)OC)=CC(F)C=C2)cc1. The molecule has 1 aliphatic rings. The van der Waals surface area contributed by atoms with E-state index in [-0.39, 0.29) is 5.57 Å². The van der Waals surface area contributed by atoms with Crippen LogP contribution in [0, 0.1) is 0 Å². The highest BCUT2D eigenvalue weighted by molar-refractivity contribution is 5.92. The summed E-state index contributed by atoms with van der Waals surface area (Å²) in [6, 6.07) is 8.69. The zero-order chi connectivity index (χ0) is 28.9. The quantitative estimate of drug-likeness (QED) is 0.201. The summed E-state index contributed by atoms with van der Waals surface area (Å²) in [4.78, 5) is 14.1. The van der Waals surface area contributed by atoms with Gasteiger partial charge in [0.1, 0.15) is 6.17 Å². The van der Waals surface area contributed by atoms with Gasteiger partial charge in [-0.3, -0.25) is 0 Å². The summed E-state index contributed by atoms with van der Waals surface area (Å²) in [5, 5.41) is 0. The molecule has 1 aromatic rings. The Hall–Kier alpha value is -2.88. The highest BCUT2D eigenvalue weighted by Gasteiger charge is 2.16. The van der Waals surface area contributed by atoms with Crippen molar-refractivity contribution in [2.75, 3.05) is 13.7 Å². The van der Waals surface area contributed by atoms with E-state index in [9.17, 15) is 9.18 Å². The van der Waals surface area contributed by atoms with Crippen LogP contribution in [0.5, 0.6) is 0 Å². The van der Waals surface area contributed by atoms with Crippen molar-refractivity contribution in [1.29, 1.82) is 0 Å². The lowest BCUT2D eigenvalue weighted by molar-refractivity contribution is -0.135. The number of allylic oxidation sites excluding steroid dienone is 7. The Kier molecular flexibility index (Phi) is 19.5. The van der Waals surface area contributed by atoms with Gasteiger partial charge in [0.05, 0.1) is 12.7 Å². The minimum Gasteiger partial charge on any atom is -0.465 e. The molecule has 1 aromatic carbocycles. The molecule has 0 aromatic heterocycles. The molecule has 0 saturated carbocycles. The van der Waals surface area contributed by atoms with Crippen LogP contribution in [0.25, 0.3) is 0 Å². The van der Waals surface area contributed by atoms with Crippen LogP contribution in [0.1, 0.15) is 92.2 Å². The number of esters is 1. The fraction of sp³-hybridized carbons (Fsp3) is 0.500. The van der Waals surface area contributed by atoms with Gasteiger partial charge >= 0.3 is 5.97 Å². The van der Waals surface area contributed by atoms with Crippen molar-refractivity contribution in [2.45, 2.75) is 100 Å². The van der Waals surface area contributed by atoms with Crippen LogP contribution >= 0.6 is 0 Å². The fourth-order valence-electron chi connectivity index (χ4n) is 3.78. The van der Waals surface area contributed by atoms with Crippen molar-refractivity contribution in [1.82, 2.24) is 4.90 Å². The minimum absolute atomic E-state index is 0.239. The molecule has 212 valence electrons. The van der Waals surface area contributed by atoms with E-state index in [1.54, 1.807) is 12.2 Å². The van der Waals surface area contributed by atoms with Crippen molar-refractivity contribution in [3.05, 3.63) is 94.3 Å². The van der Waals surface area contributed by atoms with Crippen LogP contribution in [-0.2, 0) is 22.5 Å². The summed E-state index contributed by atoms with van der Waals surface area (Å²) in [6.07, 6.45) is 15.1. The summed E-state index contributed by atoms with van der Waals surface area (Å²) >= 11 is 0. The largest absolute Gasteiger partial charge is 0.465 e. The van der Waals surface area contributed by atoms with Crippen molar-refractivity contribution >= 4 is 5.97 Å². The normalized spacial score (nSPS) is 15.2. The molecule has 38 heavy (non-hydrogen) atoms. The maximum atomic E-state index is 14.0. The number of carbonyl (C=O) groups is 1. The number of hydrogen-bond acceptors (Lipinski definition) is 3. The molecule has 0 radical (unpaired) electrons. The van der Waals surface area contributed by atoms with Gasteiger partial charge in [0.25, 0.3) is 0 Å². The van der Waals surface area contributed by atoms with Gasteiger partial charge in [-0.25, -0.2) is 9.18 Å². The number of halogens is 1. The van der Waals surface area contributed by atoms with Crippen LogP contribution in [0.2, 0.25) is 0 Å². The van der Waals surface area contributed by atoms with Crippen LogP contribution in [0.15, 0.2) is 83.1 Å². The van der Waals surface area contributed by atoms with Crippen molar-refractivity contribution < 1.29 is 13.9 Å². The second-order valence-corrected chi connectivity index (χ2v) is 8.95. The van der Waals surface area contributed by atoms with Crippen molar-refractivity contribution in [3.63, 3.8) is 0 Å². The maximum absolute atomic E-state index is 14.0. The van der Waals surface area contributed by atoms with E-state index in [0.29, 0.717) is 6.54 Å². The first-order valence-corrected chi connectivity index (χ1v) is 14.4. The first-order valence-electron chi connectivity index (χ1n) is 14.4. The molecule has 0 bridgehead atoms. The molecule has 0 heterocycles. The Labute approximate surface area is 232 Å². The smallest absolute Gasteiger partial charge is 0.337 e. The van der Waals surface area contributed by atoms with Crippen LogP contribution in [0.3, 0.4) is 0 Å². The standard InChI is InChI=1S/C30H40FNO2.2C2H6/c1-6-8-9-23(3)10-11-24(4)12-13-25-14-16-26(17-15-25)22-32(7-2)29-19-18-28(31)20-27(21-29)30(33)34-5;2*1-2/h10-11,14-21,28H,6-9,12-13,22H2,1-5H3;2*1-2H3/b23-10+,24-11+;;. The molecule has 0 fully saturated rings. The number of alkyl halides is 1. The van der Waals surface area contributed by atoms with E-state index in [1.165, 1.54) is 60.8 Å². The average molecular weight is 526 g/mol. The molecule has 0 spiro atoms. The number of aryl methyl sites for hydroxylation is 1. The van der Waals surface area contributed by atoms with E-state index in [4.69, 9.17) is 4.74 Å². The Bertz CT molecular complexity index is 951. The number of hydrogen-bond donors (Lipinski definition) is 0. The number of nitrogens with zero attached hydrogens (tertiary/aromatic N) is 1. The predicted molar refractivity (Wildman–Crippen MR) is 163 cm³/mol. The third-order valence-electron chi connectivity index (χ3n) is 6.04. The summed E-state index contributed by atoms with van der Waals surface area (Å²) < 4.78 is 18.8. The number of unbranched alkanes of at least 4 members (excludes halogenated alkanes) is 1. The van der Waals surface area contributed by atoms with Gasteiger partial charge in [-0.05, 0) is 81.9 Å². The highest BCUT2D eigenvalue weighted by Crippen LogP contribution is 2.20. The molecule has 1 unspecified atom stereocenters. The van der Waals surface area contributed by atoms with E-state index in [2.05, 4.69) is 69.0 Å². The molecule has 0 aliphatic heterocycles. The lowest BCUT2D eigenvalue weighted by Crippen LogP contribution is -2.22. The molecule has 0 saturated heterocycles. The van der Waals surface area contributed by atoms with Crippen LogP contribution in [-0.4, -0.2) is 30.7 Å². The van der Waals surface area contributed by atoms with E-state index in [0.717, 1.165) is 25.1 Å². The number of ether oxygens (including phenoxy) is 1. The molecular formula is C34H52FNO2. The molecular weight excluding hydrogens is 473 g/mol. The second-order valence-electron chi connectivity index (χ2n) is 8.95. The maximum Gasteiger partial charge on any atom is 0.337 e. The topological polar surface area (TPSA) is 29.5 Å². The van der Waals surface area contributed by atoms with Crippen molar-refractivity contribution in [2.24, 2.45) is 0 Å². The van der Waals surface area contributed by atoms with Gasteiger partial charge in [-0.2, -0.15) is 0 Å². The molecule has 0 amide bonds. The zero-order valence-corrected chi connectivity index (χ0v) is 25.4. The Morgan fingerprint density at radius 3 is 2.11 bits per heavy atom. The lowest BCUT2D eigenvalue weighted by atomic mass is 10.0. The molecule has 0 N–H and O–H groups in total. The third kappa shape index (κ3) is 13.6. The second kappa shape index (κ2) is 21.1. The minimum atomic E-state index is -1.31. The molecule has 3 nitrogen and oxygen atoms in total. The zero-order valence-electron chi connectivity index (χ0n) is 25.4. The number of benzene rings is 1. The van der Waals surface area contributed by atoms with Gasteiger partial charge in [-0.1, -0.05) is 88.6 Å². The number of rotatable bonds is 12. The number of likely N-dealkylation sites (N-methyl/N-ethyl adjacent to an activating group) is 1. The molecule has 1 atom stereocenters. The number of carbonyl (C=O) groups excluding carboxylic acids is 1. The van der Waals surface area contributed by atoms with E-state index in [1.807, 2.05) is 27.7 Å². The summed E-state index contributed by atoms with van der Waals surface area (Å²) in [5.41, 5.74) is 6.36. The summed E-state index contributed by atoms with van der Waals surface area (Å²) in [7, 11) is 1.31. The summed E-state index contributed by atoms with van der Waals surface area (Å²) in [5.74, 6) is -0.528. The van der Waals surface area contributed by atoms with Gasteiger partial charge in [0.2, 0.25) is 0 Å². The van der Waals surface area contributed by atoms with Crippen LogP contribution in [0.4, 0.5) is 4.39 Å². The van der Waals surface area contributed by atoms with Crippen molar-refractivity contribution in [3.8, 4) is 0 Å². The third-order valence-corrected chi connectivity index (χ3v) is 6.04. The number of methoxy groups -OCH3 is 1. The summed E-state index contributed by atoms with van der Waals surface area (Å²) in [6.45, 7) is 18.1. The Morgan fingerprint density at radius 1 is 0.974 bits per heavy atom. The Morgan fingerprint density at radius 2 is 1.55 bits per heavy atom. The molecule has 2 rings (SSSR count). The average Bonchev–Trinajstić information content (AvgIpc) is 3.16. The van der Waals surface area contributed by atoms with Gasteiger partial charge < -0.3 is 9.64 Å². The first kappa shape index (κ1) is 35.1. The van der Waals surface area contributed by atoms with E-state index >= 15 is 0 Å². The van der Waals surface area contributed by atoms with E-state index < -0.39 is 12.1 Å². The van der Waals surface area contributed by atoms with Crippen LogP contribution < -0.4 is 0 Å². The van der Waals surface area contributed by atoms with Gasteiger partial charge in [0, 0.05) is 18.8 Å². The van der Waals surface area contributed by atoms with Gasteiger partial charge in [-0.15, -0.1) is 0 Å². The Balaban J connectivity index is 0.00000326. The predicted octanol–water partition coefficient (Wildman–Crippen LogP) is 9.47. The molecule has 1 aliphatic carbocycles. The fourth-order valence-corrected chi connectivity index (χ4v) is 3.78. The molecule has 4 heteroatoms. The monoisotopic (exact) mass is 525 g/mol. The van der Waals surface area contributed by atoms with Gasteiger partial charge in [0.15, 0.2) is 0 Å².